The molecular weight excluding hydrogens is 402 g/mol. The monoisotopic (exact) mass is 431 g/mol. The molecule has 166 valence electrons. The predicted octanol–water partition coefficient (Wildman–Crippen LogP) is 4.24. The minimum Gasteiger partial charge on any atom is -0.497 e. The SMILES string of the molecule is COc1cccc(CN2CC3C(c4ccc(OC)c(OC)c4)NNC3c3ccccc32)c1. The highest BCUT2D eigenvalue weighted by Crippen LogP contribution is 2.46. The number of rotatable bonds is 6. The summed E-state index contributed by atoms with van der Waals surface area (Å²) < 4.78 is 16.4. The number of benzene rings is 3. The van der Waals surface area contributed by atoms with Crippen molar-refractivity contribution in [1.82, 2.24) is 10.9 Å². The van der Waals surface area contributed by atoms with Crippen LogP contribution in [0.4, 0.5) is 5.69 Å². The van der Waals surface area contributed by atoms with Gasteiger partial charge in [0.2, 0.25) is 0 Å². The van der Waals surface area contributed by atoms with Crippen molar-refractivity contribution in [2.75, 3.05) is 32.8 Å². The molecule has 6 nitrogen and oxygen atoms in total. The lowest BCUT2D eigenvalue weighted by Crippen LogP contribution is -2.39. The summed E-state index contributed by atoms with van der Waals surface area (Å²) in [6.07, 6.45) is 0. The first-order chi connectivity index (χ1) is 15.7. The van der Waals surface area contributed by atoms with Gasteiger partial charge in [0.25, 0.3) is 0 Å². The Bertz CT molecular complexity index is 1100. The van der Waals surface area contributed by atoms with Crippen molar-refractivity contribution in [1.29, 1.82) is 0 Å². The average molecular weight is 432 g/mol. The van der Waals surface area contributed by atoms with Gasteiger partial charge < -0.3 is 19.1 Å². The molecule has 0 radical (unpaired) electrons. The van der Waals surface area contributed by atoms with Crippen molar-refractivity contribution in [2.45, 2.75) is 18.6 Å². The Morgan fingerprint density at radius 3 is 2.44 bits per heavy atom. The Morgan fingerprint density at radius 2 is 1.62 bits per heavy atom. The van der Waals surface area contributed by atoms with Crippen LogP contribution >= 0.6 is 0 Å². The summed E-state index contributed by atoms with van der Waals surface area (Å²) >= 11 is 0. The molecule has 2 heterocycles. The molecule has 32 heavy (non-hydrogen) atoms. The number of ether oxygens (including phenoxy) is 3. The minimum atomic E-state index is 0.154. The second-order valence-corrected chi connectivity index (χ2v) is 8.31. The Balaban J connectivity index is 1.48. The fourth-order valence-corrected chi connectivity index (χ4v) is 5.01. The van der Waals surface area contributed by atoms with Crippen molar-refractivity contribution >= 4 is 5.69 Å². The number of hydrogen-bond donors (Lipinski definition) is 2. The number of hydrazine groups is 1. The Kier molecular flexibility index (Phi) is 5.64. The summed E-state index contributed by atoms with van der Waals surface area (Å²) in [6.45, 7) is 1.76. The molecule has 2 aliphatic rings. The second-order valence-electron chi connectivity index (χ2n) is 8.31. The molecule has 0 aromatic heterocycles. The van der Waals surface area contributed by atoms with E-state index in [0.717, 1.165) is 30.3 Å². The summed E-state index contributed by atoms with van der Waals surface area (Å²) in [5.41, 5.74) is 12.1. The highest BCUT2D eigenvalue weighted by Gasteiger charge is 2.43. The van der Waals surface area contributed by atoms with Crippen molar-refractivity contribution in [2.24, 2.45) is 5.92 Å². The molecular formula is C26H29N3O3. The lowest BCUT2D eigenvalue weighted by molar-refractivity contribution is 0.352. The molecule has 2 aliphatic heterocycles. The smallest absolute Gasteiger partial charge is 0.161 e. The fraction of sp³-hybridized carbons (Fsp3) is 0.308. The highest BCUT2D eigenvalue weighted by molar-refractivity contribution is 5.59. The summed E-state index contributed by atoms with van der Waals surface area (Å²) in [4.78, 5) is 2.48. The van der Waals surface area contributed by atoms with E-state index in [1.54, 1.807) is 21.3 Å². The molecule has 3 unspecified atom stereocenters. The first-order valence-electron chi connectivity index (χ1n) is 10.9. The fourth-order valence-electron chi connectivity index (χ4n) is 5.01. The first kappa shape index (κ1) is 20.7. The van der Waals surface area contributed by atoms with Gasteiger partial charge in [0.05, 0.1) is 33.4 Å². The van der Waals surface area contributed by atoms with E-state index in [-0.39, 0.29) is 12.1 Å². The molecule has 0 aliphatic carbocycles. The molecule has 1 fully saturated rings. The molecule has 1 saturated heterocycles. The largest absolute Gasteiger partial charge is 0.497 e. The maximum Gasteiger partial charge on any atom is 0.161 e. The van der Waals surface area contributed by atoms with E-state index in [1.165, 1.54) is 22.4 Å². The first-order valence-corrected chi connectivity index (χ1v) is 10.9. The maximum atomic E-state index is 5.56. The lowest BCUT2D eigenvalue weighted by Gasteiger charge is -2.39. The summed E-state index contributed by atoms with van der Waals surface area (Å²) in [5, 5.41) is 0. The van der Waals surface area contributed by atoms with Crippen LogP contribution in [0.1, 0.15) is 28.8 Å². The lowest BCUT2D eigenvalue weighted by atomic mass is 9.82. The van der Waals surface area contributed by atoms with Crippen LogP contribution in [0.25, 0.3) is 0 Å². The molecule has 0 spiro atoms. The van der Waals surface area contributed by atoms with E-state index in [4.69, 9.17) is 14.2 Å². The van der Waals surface area contributed by atoms with Gasteiger partial charge in [-0.3, -0.25) is 0 Å². The topological polar surface area (TPSA) is 55.0 Å². The van der Waals surface area contributed by atoms with E-state index < -0.39 is 0 Å². The van der Waals surface area contributed by atoms with Gasteiger partial charge in [0.15, 0.2) is 11.5 Å². The van der Waals surface area contributed by atoms with E-state index >= 15 is 0 Å². The number of hydrogen-bond acceptors (Lipinski definition) is 6. The van der Waals surface area contributed by atoms with Gasteiger partial charge in [-0.1, -0.05) is 36.4 Å². The van der Waals surface area contributed by atoms with E-state index in [1.807, 2.05) is 12.1 Å². The average Bonchev–Trinajstić information content (AvgIpc) is 3.28. The number of fused-ring (bicyclic) bond motifs is 3. The zero-order chi connectivity index (χ0) is 22.1. The van der Waals surface area contributed by atoms with Crippen molar-refractivity contribution < 1.29 is 14.2 Å². The standard InChI is InChI=1S/C26H29N3O3/c1-30-19-8-6-7-17(13-19)15-29-16-21-25(18-11-12-23(31-2)24(14-18)32-3)27-28-26(21)20-9-4-5-10-22(20)29/h4-14,21,25-28H,15-16H2,1-3H3. The number of methoxy groups -OCH3 is 3. The Morgan fingerprint density at radius 1 is 0.812 bits per heavy atom. The zero-order valence-electron chi connectivity index (χ0n) is 18.7. The molecule has 0 bridgehead atoms. The van der Waals surface area contributed by atoms with Crippen molar-refractivity contribution in [3.05, 3.63) is 83.4 Å². The van der Waals surface area contributed by atoms with Crippen LogP contribution in [0.2, 0.25) is 0 Å². The third-order valence-corrected chi connectivity index (χ3v) is 6.57. The van der Waals surface area contributed by atoms with E-state index in [9.17, 15) is 0 Å². The van der Waals surface area contributed by atoms with Crippen LogP contribution in [0.15, 0.2) is 66.7 Å². The zero-order valence-corrected chi connectivity index (χ0v) is 18.7. The van der Waals surface area contributed by atoms with Gasteiger partial charge in [-0.15, -0.1) is 0 Å². The van der Waals surface area contributed by atoms with Crippen molar-refractivity contribution in [3.8, 4) is 17.2 Å². The number of anilines is 1. The third-order valence-electron chi connectivity index (χ3n) is 6.57. The van der Waals surface area contributed by atoms with E-state index in [0.29, 0.717) is 5.92 Å². The Labute approximate surface area is 189 Å². The summed E-state index contributed by atoms with van der Waals surface area (Å²) in [7, 11) is 5.05. The van der Waals surface area contributed by atoms with Gasteiger partial charge in [-0.25, -0.2) is 10.9 Å². The molecule has 5 rings (SSSR count). The van der Waals surface area contributed by atoms with Crippen LogP contribution in [0.5, 0.6) is 17.2 Å². The van der Waals surface area contributed by atoms with Gasteiger partial charge in [-0.2, -0.15) is 0 Å². The molecule has 0 saturated carbocycles. The van der Waals surface area contributed by atoms with Crippen LogP contribution in [-0.2, 0) is 6.54 Å². The van der Waals surface area contributed by atoms with Gasteiger partial charge in [0.1, 0.15) is 5.75 Å². The molecule has 0 amide bonds. The number of para-hydroxylation sites is 1. The van der Waals surface area contributed by atoms with Crippen LogP contribution < -0.4 is 30.0 Å². The summed E-state index contributed by atoms with van der Waals surface area (Å²) in [5.74, 6) is 2.73. The molecule has 6 heteroatoms. The number of nitrogens with one attached hydrogen (secondary N) is 2. The molecule has 2 N–H and O–H groups in total. The molecule has 3 atom stereocenters. The van der Waals surface area contributed by atoms with Gasteiger partial charge in [-0.05, 0) is 47.0 Å². The van der Waals surface area contributed by atoms with Gasteiger partial charge in [0, 0.05) is 24.7 Å². The quantitative estimate of drug-likeness (QED) is 0.609. The van der Waals surface area contributed by atoms with E-state index in [2.05, 4.69) is 70.3 Å². The van der Waals surface area contributed by atoms with Crippen LogP contribution in [0, 0.1) is 5.92 Å². The minimum absolute atomic E-state index is 0.154. The highest BCUT2D eigenvalue weighted by atomic mass is 16.5. The molecule has 3 aromatic carbocycles. The second kappa shape index (κ2) is 8.73. The normalized spacial score (nSPS) is 21.6. The third kappa shape index (κ3) is 3.66. The van der Waals surface area contributed by atoms with Crippen molar-refractivity contribution in [3.63, 3.8) is 0 Å². The molecule has 3 aromatic rings. The van der Waals surface area contributed by atoms with Gasteiger partial charge >= 0.3 is 0 Å². The summed E-state index contributed by atoms with van der Waals surface area (Å²) in [6, 6.07) is 23.6. The predicted molar refractivity (Wildman–Crippen MR) is 125 cm³/mol. The Hall–Kier alpha value is -3.22. The van der Waals surface area contributed by atoms with Crippen LogP contribution in [0.3, 0.4) is 0 Å². The maximum absolute atomic E-state index is 5.56. The van der Waals surface area contributed by atoms with Crippen LogP contribution in [-0.4, -0.2) is 27.9 Å². The number of nitrogens with zero attached hydrogens (tertiary/aromatic N) is 1.